The van der Waals surface area contributed by atoms with Gasteiger partial charge in [-0.1, -0.05) is 0 Å². The van der Waals surface area contributed by atoms with Crippen molar-refractivity contribution in [2.45, 2.75) is 19.6 Å². The van der Waals surface area contributed by atoms with Gasteiger partial charge in [-0.3, -0.25) is 18.9 Å². The van der Waals surface area contributed by atoms with Gasteiger partial charge in [-0.2, -0.15) is 8.62 Å². The fraction of sp³-hybridized carbons (Fsp3) is 0.400. The second kappa shape index (κ2) is 8.17. The van der Waals surface area contributed by atoms with E-state index < -0.39 is 47.6 Å². The van der Waals surface area contributed by atoms with Crippen molar-refractivity contribution >= 4 is 23.5 Å². The van der Waals surface area contributed by atoms with Gasteiger partial charge in [0.25, 0.3) is 5.56 Å². The van der Waals surface area contributed by atoms with Crippen molar-refractivity contribution in [3.05, 3.63) is 44.4 Å². The molecule has 0 amide bonds. The Morgan fingerprint density at radius 3 is 2.43 bits per heavy atom. The van der Waals surface area contributed by atoms with E-state index in [1.165, 1.54) is 19.2 Å². The maximum Gasteiger partial charge on any atom is 0.490 e. The third-order valence-electron chi connectivity index (χ3n) is 3.08. The molecule has 3 atom stereocenters. The van der Waals surface area contributed by atoms with Crippen LogP contribution in [-0.4, -0.2) is 35.7 Å². The van der Waals surface area contributed by atoms with Crippen LogP contribution in [0.3, 0.4) is 0 Å². The fourth-order valence-electron chi connectivity index (χ4n) is 2.02. The van der Waals surface area contributed by atoms with Gasteiger partial charge in [0.1, 0.15) is 12.4 Å². The Morgan fingerprint density at radius 2 is 1.82 bits per heavy atom. The molecule has 18 heteroatoms. The van der Waals surface area contributed by atoms with Gasteiger partial charge in [0.2, 0.25) is 0 Å². The van der Waals surface area contributed by atoms with Crippen LogP contribution in [0.2, 0.25) is 0 Å². The molecular formula is C10H15N2O13P3. The highest BCUT2D eigenvalue weighted by Gasteiger charge is 2.41. The van der Waals surface area contributed by atoms with Crippen molar-refractivity contribution in [3.63, 3.8) is 0 Å². The monoisotopic (exact) mass is 464 g/mol. The Hall–Kier alpha value is -1.37. The lowest BCUT2D eigenvalue weighted by molar-refractivity contribution is 0.0569. The topological polar surface area (TPSA) is 224 Å². The zero-order chi connectivity index (χ0) is 21.3. The number of hydrogen-bond donors (Lipinski definition) is 5. The van der Waals surface area contributed by atoms with Crippen molar-refractivity contribution in [2.24, 2.45) is 0 Å². The Bertz CT molecular complexity index is 1040. The molecule has 0 fully saturated rings. The average Bonchev–Trinajstić information content (AvgIpc) is 2.94. The van der Waals surface area contributed by atoms with E-state index in [9.17, 15) is 28.2 Å². The van der Waals surface area contributed by atoms with E-state index >= 15 is 0 Å². The summed E-state index contributed by atoms with van der Waals surface area (Å²) in [4.78, 5) is 60.5. The largest absolute Gasteiger partial charge is 0.490 e. The lowest BCUT2D eigenvalue weighted by atomic mass is 10.3. The highest BCUT2D eigenvalue weighted by atomic mass is 31.3. The van der Waals surface area contributed by atoms with Crippen LogP contribution >= 0.6 is 23.5 Å². The molecule has 28 heavy (non-hydrogen) atoms. The fourth-order valence-corrected chi connectivity index (χ4v) is 5.00. The summed E-state index contributed by atoms with van der Waals surface area (Å²) < 4.78 is 51.3. The molecule has 2 unspecified atom stereocenters. The number of nitrogens with one attached hydrogen (secondary N) is 1. The van der Waals surface area contributed by atoms with Crippen LogP contribution in [0.15, 0.2) is 27.6 Å². The SMILES string of the molecule is Cc1cn([C@H]2CC=C(COP(=O)(O)OP(=O)(O)OP(=O)(O)O)O2)c(=O)[nH]c1=O. The summed E-state index contributed by atoms with van der Waals surface area (Å²) in [7, 11) is -16.4. The summed E-state index contributed by atoms with van der Waals surface area (Å²) in [5.74, 6) is -0.0534. The molecule has 5 N–H and O–H groups in total. The van der Waals surface area contributed by atoms with Crippen molar-refractivity contribution in [2.75, 3.05) is 6.61 Å². The highest BCUT2D eigenvalue weighted by molar-refractivity contribution is 7.66. The number of nitrogens with zero attached hydrogens (tertiary/aromatic N) is 1. The molecule has 15 nitrogen and oxygen atoms in total. The first-order valence-electron chi connectivity index (χ1n) is 7.13. The zero-order valence-electron chi connectivity index (χ0n) is 13.9. The van der Waals surface area contributed by atoms with Gasteiger partial charge in [-0.15, -0.1) is 0 Å². The summed E-state index contributed by atoms with van der Waals surface area (Å²) in [5.41, 5.74) is -1.08. The number of rotatable bonds is 8. The van der Waals surface area contributed by atoms with Crippen molar-refractivity contribution < 1.29 is 51.2 Å². The van der Waals surface area contributed by atoms with Gasteiger partial charge in [-0.05, 0) is 13.0 Å². The van der Waals surface area contributed by atoms with Gasteiger partial charge in [0, 0.05) is 18.2 Å². The molecule has 0 saturated carbocycles. The molecule has 0 bridgehead atoms. The molecule has 0 aliphatic carbocycles. The first-order chi connectivity index (χ1) is 12.7. The third-order valence-corrected chi connectivity index (χ3v) is 6.86. The number of phosphoric ester groups is 1. The van der Waals surface area contributed by atoms with E-state index in [0.29, 0.717) is 0 Å². The van der Waals surface area contributed by atoms with Crippen LogP contribution in [0.4, 0.5) is 0 Å². The van der Waals surface area contributed by atoms with Crippen molar-refractivity contribution in [3.8, 4) is 0 Å². The van der Waals surface area contributed by atoms with E-state index in [4.69, 9.17) is 19.4 Å². The maximum absolute atomic E-state index is 11.8. The second-order valence-corrected chi connectivity index (χ2v) is 9.74. The predicted molar refractivity (Wildman–Crippen MR) is 88.7 cm³/mol. The number of aryl methyl sites for hydroxylation is 1. The summed E-state index contributed by atoms with van der Waals surface area (Å²) >= 11 is 0. The molecule has 158 valence electrons. The third kappa shape index (κ3) is 6.61. The van der Waals surface area contributed by atoms with Crippen molar-refractivity contribution in [1.29, 1.82) is 0 Å². The van der Waals surface area contributed by atoms with Gasteiger partial charge in [0.15, 0.2) is 6.23 Å². The highest BCUT2D eigenvalue weighted by Crippen LogP contribution is 2.66. The van der Waals surface area contributed by atoms with E-state index in [1.807, 2.05) is 0 Å². The number of hydrogen-bond acceptors (Lipinski definition) is 9. The summed E-state index contributed by atoms with van der Waals surface area (Å²) in [6, 6.07) is 0. The molecule has 0 saturated heterocycles. The standard InChI is InChI=1S/C10H15N2O13P3/c1-6-4-12(10(14)11-9(6)13)8-3-2-7(23-8)5-22-27(18,19)25-28(20,21)24-26(15,16)17/h2,4,8H,3,5H2,1H3,(H,18,19)(H,20,21)(H,11,13,14)(H2,15,16,17)/t8-/m1/s1. The number of ether oxygens (including phenoxy) is 1. The molecule has 0 spiro atoms. The lowest BCUT2D eigenvalue weighted by Crippen LogP contribution is -2.33. The molecule has 1 aromatic rings. The molecule has 2 heterocycles. The molecule has 1 aliphatic rings. The first-order valence-corrected chi connectivity index (χ1v) is 11.7. The molecular weight excluding hydrogens is 449 g/mol. The molecule has 1 aliphatic heterocycles. The van der Waals surface area contributed by atoms with E-state index in [-0.39, 0.29) is 17.7 Å². The number of phosphoric acid groups is 3. The van der Waals surface area contributed by atoms with Gasteiger partial charge in [0.05, 0.1) is 0 Å². The first kappa shape index (κ1) is 22.9. The van der Waals surface area contributed by atoms with Crippen LogP contribution in [0.5, 0.6) is 0 Å². The van der Waals surface area contributed by atoms with Crippen molar-refractivity contribution in [1.82, 2.24) is 9.55 Å². The number of aromatic nitrogens is 2. The number of aromatic amines is 1. The van der Waals surface area contributed by atoms with E-state index in [0.717, 1.165) is 4.57 Å². The second-order valence-electron chi connectivity index (χ2n) is 5.32. The van der Waals surface area contributed by atoms with Gasteiger partial charge in [-0.25, -0.2) is 18.5 Å². The van der Waals surface area contributed by atoms with E-state index in [2.05, 4.69) is 18.1 Å². The van der Waals surface area contributed by atoms with Gasteiger partial charge < -0.3 is 24.3 Å². The normalized spacial score (nSPS) is 21.5. The Balaban J connectivity index is 1.97. The molecule has 0 radical (unpaired) electrons. The van der Waals surface area contributed by atoms with Crippen LogP contribution < -0.4 is 11.2 Å². The van der Waals surface area contributed by atoms with E-state index in [1.54, 1.807) is 0 Å². The summed E-state index contributed by atoms with van der Waals surface area (Å²) in [6.45, 7) is 0.713. The summed E-state index contributed by atoms with van der Waals surface area (Å²) in [5, 5.41) is 0. The minimum atomic E-state index is -5.61. The lowest BCUT2D eigenvalue weighted by Gasteiger charge is -2.18. The van der Waals surface area contributed by atoms with Crippen LogP contribution in [0, 0.1) is 6.92 Å². The zero-order valence-corrected chi connectivity index (χ0v) is 16.6. The van der Waals surface area contributed by atoms with Crippen LogP contribution in [-0.2, 0) is 31.6 Å². The van der Waals surface area contributed by atoms with Crippen LogP contribution in [0.25, 0.3) is 0 Å². The molecule has 0 aromatic carbocycles. The Kier molecular flexibility index (Phi) is 6.68. The Morgan fingerprint density at radius 1 is 1.18 bits per heavy atom. The van der Waals surface area contributed by atoms with Crippen LogP contribution in [0.1, 0.15) is 18.2 Å². The smallest absolute Gasteiger partial charge is 0.472 e. The molecule has 1 aromatic heterocycles. The van der Waals surface area contributed by atoms with Gasteiger partial charge >= 0.3 is 29.2 Å². The Labute approximate surface area is 155 Å². The minimum Gasteiger partial charge on any atom is -0.472 e. The minimum absolute atomic E-state index is 0.0534. The predicted octanol–water partition coefficient (Wildman–Crippen LogP) is -0.00888. The number of H-pyrrole nitrogens is 1. The molecule has 2 rings (SSSR count). The average molecular weight is 464 g/mol. The maximum atomic E-state index is 11.8. The summed E-state index contributed by atoms with van der Waals surface area (Å²) in [6.07, 6.45) is 1.87. The quantitative estimate of drug-likeness (QED) is 0.320.